The maximum absolute atomic E-state index is 13.5. The Labute approximate surface area is 138 Å². The van der Waals surface area contributed by atoms with E-state index in [1.807, 2.05) is 12.1 Å². The zero-order valence-electron chi connectivity index (χ0n) is 13.2. The number of benzene rings is 2. The highest BCUT2D eigenvalue weighted by Gasteiger charge is 2.23. The van der Waals surface area contributed by atoms with Crippen LogP contribution in [0.15, 0.2) is 48.5 Å². The summed E-state index contributed by atoms with van der Waals surface area (Å²) in [6.07, 6.45) is 0.663. The highest BCUT2D eigenvalue weighted by Crippen LogP contribution is 2.27. The summed E-state index contributed by atoms with van der Waals surface area (Å²) >= 11 is 0. The van der Waals surface area contributed by atoms with Crippen LogP contribution in [0.1, 0.15) is 33.3 Å². The summed E-state index contributed by atoms with van der Waals surface area (Å²) in [4.78, 5) is 24.0. The largest absolute Gasteiger partial charge is 0.461 e. The molecule has 5 heteroatoms. The Hall–Kier alpha value is -2.95. The Morgan fingerprint density at radius 3 is 2.71 bits per heavy atom. The van der Waals surface area contributed by atoms with Gasteiger partial charge in [-0.3, -0.25) is 4.79 Å². The van der Waals surface area contributed by atoms with Gasteiger partial charge in [-0.15, -0.1) is 0 Å². The van der Waals surface area contributed by atoms with Gasteiger partial charge in [0, 0.05) is 17.4 Å². The first-order valence-corrected chi connectivity index (χ1v) is 7.63. The number of nitrogens with zero attached hydrogens (tertiary/aromatic N) is 1. The van der Waals surface area contributed by atoms with Gasteiger partial charge >= 0.3 is 5.97 Å². The Bertz CT molecular complexity index is 914. The van der Waals surface area contributed by atoms with Crippen LogP contribution in [0.3, 0.4) is 0 Å². The molecule has 0 aliphatic heterocycles. The number of hydrogen-bond acceptors (Lipinski definition) is 3. The summed E-state index contributed by atoms with van der Waals surface area (Å²) < 4.78 is 20.3. The summed E-state index contributed by atoms with van der Waals surface area (Å²) in [5.41, 5.74) is 1.91. The predicted molar refractivity (Wildman–Crippen MR) is 88.8 cm³/mol. The number of hydrogen-bond donors (Lipinski definition) is 0. The minimum absolute atomic E-state index is 0.192. The Kier molecular flexibility index (Phi) is 4.42. The molecule has 3 aromatic rings. The molecule has 3 rings (SSSR count). The number of ether oxygens (including phenoxy) is 1. The molecule has 0 spiro atoms. The van der Waals surface area contributed by atoms with Crippen LogP contribution in [0.25, 0.3) is 10.9 Å². The third-order valence-electron chi connectivity index (χ3n) is 3.83. The van der Waals surface area contributed by atoms with Crippen LogP contribution in [0.4, 0.5) is 4.39 Å². The number of para-hydroxylation sites is 1. The first kappa shape index (κ1) is 15.9. The lowest BCUT2D eigenvalue weighted by atomic mass is 10.1. The normalized spacial score (nSPS) is 10.8. The zero-order valence-corrected chi connectivity index (χ0v) is 13.2. The molecule has 0 bridgehead atoms. The molecule has 4 nitrogen and oxygen atoms in total. The fourth-order valence-electron chi connectivity index (χ4n) is 2.85. The molecule has 0 N–H and O–H groups in total. The highest BCUT2D eigenvalue weighted by molar-refractivity contribution is 6.08. The standard InChI is InChI=1S/C19H16FNO3/c1-2-24-19(23)18-16(12-22)15-8-3-4-9-17(15)21(18)11-13-6-5-7-14(20)10-13/h3-10,12H,2,11H2,1H3. The molecule has 0 amide bonds. The Morgan fingerprint density at radius 1 is 1.21 bits per heavy atom. The van der Waals surface area contributed by atoms with Crippen LogP contribution >= 0.6 is 0 Å². The predicted octanol–water partition coefficient (Wildman–Crippen LogP) is 3.82. The van der Waals surface area contributed by atoms with E-state index in [9.17, 15) is 14.0 Å². The van der Waals surface area contributed by atoms with Crippen molar-refractivity contribution in [2.45, 2.75) is 13.5 Å². The fourth-order valence-corrected chi connectivity index (χ4v) is 2.85. The molecular formula is C19H16FNO3. The van der Waals surface area contributed by atoms with Gasteiger partial charge in [0.1, 0.15) is 11.5 Å². The van der Waals surface area contributed by atoms with Gasteiger partial charge in [-0.25, -0.2) is 9.18 Å². The van der Waals surface area contributed by atoms with E-state index in [4.69, 9.17) is 4.74 Å². The molecular weight excluding hydrogens is 309 g/mol. The summed E-state index contributed by atoms with van der Waals surface area (Å²) in [5, 5.41) is 0.673. The first-order chi connectivity index (χ1) is 11.7. The van der Waals surface area contributed by atoms with Crippen molar-refractivity contribution < 1.29 is 18.7 Å². The molecule has 122 valence electrons. The van der Waals surface area contributed by atoms with Crippen molar-refractivity contribution in [2.75, 3.05) is 6.61 Å². The van der Waals surface area contributed by atoms with Crippen LogP contribution in [0.2, 0.25) is 0 Å². The van der Waals surface area contributed by atoms with E-state index in [0.29, 0.717) is 22.8 Å². The molecule has 24 heavy (non-hydrogen) atoms. The summed E-state index contributed by atoms with van der Waals surface area (Å²) in [6.45, 7) is 2.18. The van der Waals surface area contributed by atoms with Gasteiger partial charge in [-0.1, -0.05) is 30.3 Å². The van der Waals surface area contributed by atoms with Gasteiger partial charge in [-0.2, -0.15) is 0 Å². The Morgan fingerprint density at radius 2 is 2.00 bits per heavy atom. The quantitative estimate of drug-likeness (QED) is 0.529. The van der Waals surface area contributed by atoms with Crippen molar-refractivity contribution in [1.82, 2.24) is 4.57 Å². The summed E-state index contributed by atoms with van der Waals surface area (Å²) in [5.74, 6) is -0.913. The van der Waals surface area contributed by atoms with Gasteiger partial charge in [0.25, 0.3) is 0 Å². The minimum Gasteiger partial charge on any atom is -0.461 e. The van der Waals surface area contributed by atoms with Crippen molar-refractivity contribution in [3.63, 3.8) is 0 Å². The van der Waals surface area contributed by atoms with Gasteiger partial charge < -0.3 is 9.30 Å². The second-order valence-corrected chi connectivity index (χ2v) is 5.33. The number of halogens is 1. The molecule has 1 aromatic heterocycles. The summed E-state index contributed by atoms with van der Waals surface area (Å²) in [7, 11) is 0. The van der Waals surface area contributed by atoms with Gasteiger partial charge in [0.05, 0.1) is 12.2 Å². The number of aldehydes is 1. The minimum atomic E-state index is -0.563. The van der Waals surface area contributed by atoms with E-state index >= 15 is 0 Å². The SMILES string of the molecule is CCOC(=O)c1c(C=O)c2ccccc2n1Cc1cccc(F)c1. The molecule has 0 atom stereocenters. The van der Waals surface area contributed by atoms with Crippen LogP contribution in [-0.2, 0) is 11.3 Å². The topological polar surface area (TPSA) is 48.3 Å². The molecule has 0 saturated carbocycles. The van der Waals surface area contributed by atoms with E-state index in [0.717, 1.165) is 5.52 Å². The molecule has 0 unspecified atom stereocenters. The first-order valence-electron chi connectivity index (χ1n) is 7.63. The van der Waals surface area contributed by atoms with Crippen molar-refractivity contribution >= 4 is 23.2 Å². The molecule has 2 aromatic carbocycles. The fraction of sp³-hybridized carbons (Fsp3) is 0.158. The van der Waals surface area contributed by atoms with Gasteiger partial charge in [0.15, 0.2) is 6.29 Å². The maximum Gasteiger partial charge on any atom is 0.355 e. The number of esters is 1. The second kappa shape index (κ2) is 6.66. The van der Waals surface area contributed by atoms with E-state index in [2.05, 4.69) is 0 Å². The zero-order chi connectivity index (χ0) is 17.1. The third kappa shape index (κ3) is 2.80. The molecule has 0 fully saturated rings. The van der Waals surface area contributed by atoms with E-state index in [1.54, 1.807) is 35.8 Å². The third-order valence-corrected chi connectivity index (χ3v) is 3.83. The van der Waals surface area contributed by atoms with E-state index in [-0.39, 0.29) is 24.7 Å². The number of carbonyl (C=O) groups excluding carboxylic acids is 2. The number of aromatic nitrogens is 1. The Balaban J connectivity index is 2.22. The van der Waals surface area contributed by atoms with E-state index < -0.39 is 5.97 Å². The van der Waals surface area contributed by atoms with Crippen molar-refractivity contribution in [1.29, 1.82) is 0 Å². The van der Waals surface area contributed by atoms with E-state index in [1.165, 1.54) is 12.1 Å². The number of rotatable bonds is 5. The van der Waals surface area contributed by atoms with Crippen molar-refractivity contribution in [3.05, 3.63) is 71.2 Å². The average Bonchev–Trinajstić information content (AvgIpc) is 2.89. The number of fused-ring (bicyclic) bond motifs is 1. The molecule has 0 aliphatic carbocycles. The molecule has 0 saturated heterocycles. The second-order valence-electron chi connectivity index (χ2n) is 5.33. The lowest BCUT2D eigenvalue weighted by Gasteiger charge is -2.11. The lowest BCUT2D eigenvalue weighted by Crippen LogP contribution is -2.15. The molecule has 1 heterocycles. The smallest absolute Gasteiger partial charge is 0.355 e. The van der Waals surface area contributed by atoms with Gasteiger partial charge in [-0.05, 0) is 30.7 Å². The average molecular weight is 325 g/mol. The van der Waals surface area contributed by atoms with Crippen molar-refractivity contribution in [3.8, 4) is 0 Å². The van der Waals surface area contributed by atoms with Crippen LogP contribution in [0, 0.1) is 5.82 Å². The van der Waals surface area contributed by atoms with Gasteiger partial charge in [0.2, 0.25) is 0 Å². The molecule has 0 aliphatic rings. The highest BCUT2D eigenvalue weighted by atomic mass is 19.1. The van der Waals surface area contributed by atoms with Crippen LogP contribution in [-0.4, -0.2) is 23.4 Å². The van der Waals surface area contributed by atoms with Crippen molar-refractivity contribution in [2.24, 2.45) is 0 Å². The lowest BCUT2D eigenvalue weighted by molar-refractivity contribution is 0.0513. The number of carbonyl (C=O) groups is 2. The summed E-state index contributed by atoms with van der Waals surface area (Å²) in [6, 6.07) is 13.4. The monoisotopic (exact) mass is 325 g/mol. The van der Waals surface area contributed by atoms with Crippen LogP contribution < -0.4 is 0 Å². The molecule has 0 radical (unpaired) electrons. The maximum atomic E-state index is 13.5. The van der Waals surface area contributed by atoms with Crippen LogP contribution in [0.5, 0.6) is 0 Å².